The number of nitrogens with two attached hydrogens (primary N) is 1. The third kappa shape index (κ3) is 3.04. The van der Waals surface area contributed by atoms with Crippen LogP contribution in [-0.2, 0) is 0 Å². The van der Waals surface area contributed by atoms with Crippen LogP contribution in [0.1, 0.15) is 43.6 Å². The Morgan fingerprint density at radius 2 is 1.67 bits per heavy atom. The van der Waals surface area contributed by atoms with Crippen LogP contribution in [0.5, 0.6) is 0 Å². The van der Waals surface area contributed by atoms with Gasteiger partial charge in [0.1, 0.15) is 11.3 Å². The van der Waals surface area contributed by atoms with Gasteiger partial charge in [-0.3, -0.25) is 10.1 Å². The molecule has 0 saturated heterocycles. The van der Waals surface area contributed by atoms with E-state index in [1.807, 2.05) is 6.07 Å². The van der Waals surface area contributed by atoms with Gasteiger partial charge in [0.25, 0.3) is 5.91 Å². The van der Waals surface area contributed by atoms with Crippen LogP contribution >= 0.6 is 0 Å². The number of para-hydroxylation sites is 1. The number of nitrogens with one attached hydrogen (secondary N) is 2. The Balaban J connectivity index is 1.72. The lowest BCUT2D eigenvalue weighted by Gasteiger charge is -2.28. The highest BCUT2D eigenvalue weighted by Gasteiger charge is 2.37. The van der Waals surface area contributed by atoms with Gasteiger partial charge in [-0.1, -0.05) is 36.4 Å². The number of imidazole rings is 1. The number of carbonyl (C=O) groups excluding carboxylic acids is 1. The molecule has 0 unspecified atom stereocenters. The van der Waals surface area contributed by atoms with Gasteiger partial charge in [-0.05, 0) is 51.0 Å². The zero-order chi connectivity index (χ0) is 19.4. The monoisotopic (exact) mass is 360 g/mol. The Bertz CT molecular complexity index is 1070. The molecule has 0 bridgehead atoms. The zero-order valence-corrected chi connectivity index (χ0v) is 16.1. The molecular weight excluding hydrogens is 336 g/mol. The highest BCUT2D eigenvalue weighted by Crippen LogP contribution is 2.37. The molecule has 2 heterocycles. The molecule has 0 aliphatic carbocycles. The Labute approximate surface area is 158 Å². The fraction of sp³-hybridized carbons (Fsp3) is 0.273. The molecule has 2 aromatic carbocycles. The lowest BCUT2D eigenvalue weighted by Crippen LogP contribution is -2.45. The maximum absolute atomic E-state index is 11.6. The molecule has 3 aromatic rings. The number of amides is 1. The van der Waals surface area contributed by atoms with Gasteiger partial charge in [-0.25, -0.2) is 4.98 Å². The van der Waals surface area contributed by atoms with Gasteiger partial charge < -0.3 is 10.7 Å². The summed E-state index contributed by atoms with van der Waals surface area (Å²) in [5, 5.41) is 3.64. The van der Waals surface area contributed by atoms with Crippen LogP contribution in [-0.4, -0.2) is 27.0 Å². The molecule has 1 amide bonds. The molecule has 0 fully saturated rings. The summed E-state index contributed by atoms with van der Waals surface area (Å²) in [4.78, 5) is 19.5. The summed E-state index contributed by atoms with van der Waals surface area (Å²) in [5.41, 5.74) is 10.6. The number of aromatic nitrogens is 2. The Morgan fingerprint density at radius 3 is 2.26 bits per heavy atom. The average molecular weight is 360 g/mol. The molecule has 0 atom stereocenters. The van der Waals surface area contributed by atoms with E-state index in [2.05, 4.69) is 73.3 Å². The molecule has 5 nitrogen and oxygen atoms in total. The maximum atomic E-state index is 11.6. The quantitative estimate of drug-likeness (QED) is 0.663. The van der Waals surface area contributed by atoms with E-state index < -0.39 is 5.91 Å². The fourth-order valence-corrected chi connectivity index (χ4v) is 4.07. The van der Waals surface area contributed by atoms with E-state index in [1.165, 1.54) is 11.1 Å². The Kier molecular flexibility index (Phi) is 3.75. The topological polar surface area (TPSA) is 83.8 Å². The third-order valence-corrected chi connectivity index (χ3v) is 5.06. The smallest absolute Gasteiger partial charge is 0.250 e. The molecule has 138 valence electrons. The van der Waals surface area contributed by atoms with Crippen LogP contribution in [0.3, 0.4) is 0 Å². The molecule has 0 radical (unpaired) electrons. The summed E-state index contributed by atoms with van der Waals surface area (Å²) >= 11 is 0. The third-order valence-electron chi connectivity index (χ3n) is 5.06. The van der Waals surface area contributed by atoms with Crippen LogP contribution in [0.2, 0.25) is 0 Å². The van der Waals surface area contributed by atoms with Gasteiger partial charge >= 0.3 is 0 Å². The summed E-state index contributed by atoms with van der Waals surface area (Å²) in [7, 11) is 0. The van der Waals surface area contributed by atoms with Gasteiger partial charge in [0.15, 0.2) is 0 Å². The van der Waals surface area contributed by atoms with Crippen LogP contribution in [0, 0.1) is 0 Å². The molecule has 0 saturated carbocycles. The van der Waals surface area contributed by atoms with E-state index in [0.717, 1.165) is 16.9 Å². The number of hydrogen-bond acceptors (Lipinski definition) is 3. The second kappa shape index (κ2) is 5.79. The Hall–Kier alpha value is -2.92. The largest absolute Gasteiger partial charge is 0.366 e. The van der Waals surface area contributed by atoms with Gasteiger partial charge in [-0.2, -0.15) is 0 Å². The van der Waals surface area contributed by atoms with E-state index in [9.17, 15) is 4.79 Å². The van der Waals surface area contributed by atoms with E-state index in [-0.39, 0.29) is 11.1 Å². The first kappa shape index (κ1) is 17.5. The minimum atomic E-state index is -0.473. The van der Waals surface area contributed by atoms with E-state index in [4.69, 9.17) is 5.73 Å². The highest BCUT2D eigenvalue weighted by atomic mass is 16.1. The van der Waals surface area contributed by atoms with Crippen molar-refractivity contribution < 1.29 is 4.79 Å². The van der Waals surface area contributed by atoms with Crippen LogP contribution in [0.4, 0.5) is 0 Å². The minimum absolute atomic E-state index is 0.0264. The molecule has 0 spiro atoms. The van der Waals surface area contributed by atoms with Gasteiger partial charge in [-0.15, -0.1) is 0 Å². The zero-order valence-electron chi connectivity index (χ0n) is 16.1. The van der Waals surface area contributed by atoms with Crippen LogP contribution < -0.4 is 11.1 Å². The van der Waals surface area contributed by atoms with Crippen molar-refractivity contribution >= 4 is 22.5 Å². The standard InChI is InChI=1S/C22H24N4O/c1-21(2)12-16(22(3,4)26-21)13-8-10-14(11-9-13)20-24-17-7-5-6-15(19(23)27)18(17)25-20/h5-12,26H,1-4H3,(H2,23,27)(H,24,25). The number of primary amides is 1. The van der Waals surface area contributed by atoms with Crippen molar-refractivity contribution in [3.63, 3.8) is 0 Å². The molecule has 4 rings (SSSR count). The average Bonchev–Trinajstić information content (AvgIpc) is 3.11. The van der Waals surface area contributed by atoms with Gasteiger partial charge in [0.2, 0.25) is 0 Å². The predicted octanol–water partition coefficient (Wildman–Crippen LogP) is 3.87. The molecule has 1 aliphatic rings. The van der Waals surface area contributed by atoms with E-state index >= 15 is 0 Å². The lowest BCUT2D eigenvalue weighted by molar-refractivity contribution is 0.100. The number of hydrogen-bond donors (Lipinski definition) is 3. The number of carbonyl (C=O) groups is 1. The maximum Gasteiger partial charge on any atom is 0.250 e. The van der Waals surface area contributed by atoms with E-state index in [0.29, 0.717) is 11.1 Å². The summed E-state index contributed by atoms with van der Waals surface area (Å²) < 4.78 is 0. The highest BCUT2D eigenvalue weighted by molar-refractivity contribution is 6.04. The van der Waals surface area contributed by atoms with Crippen LogP contribution in [0.25, 0.3) is 28.0 Å². The van der Waals surface area contributed by atoms with Crippen molar-refractivity contribution in [1.82, 2.24) is 15.3 Å². The predicted molar refractivity (Wildman–Crippen MR) is 109 cm³/mol. The van der Waals surface area contributed by atoms with Crippen molar-refractivity contribution in [1.29, 1.82) is 0 Å². The molecule has 27 heavy (non-hydrogen) atoms. The van der Waals surface area contributed by atoms with Crippen LogP contribution in [0.15, 0.2) is 48.5 Å². The van der Waals surface area contributed by atoms with E-state index in [1.54, 1.807) is 12.1 Å². The number of nitrogens with zero attached hydrogens (tertiary/aromatic N) is 1. The molecule has 4 N–H and O–H groups in total. The van der Waals surface area contributed by atoms with Gasteiger partial charge in [0, 0.05) is 16.6 Å². The normalized spacial score (nSPS) is 17.9. The number of fused-ring (bicyclic) bond motifs is 1. The second-order valence-electron chi connectivity index (χ2n) is 8.26. The Morgan fingerprint density at radius 1 is 1.00 bits per heavy atom. The first-order chi connectivity index (χ1) is 12.7. The first-order valence-corrected chi connectivity index (χ1v) is 9.08. The van der Waals surface area contributed by atoms with Crippen molar-refractivity contribution in [2.45, 2.75) is 38.8 Å². The van der Waals surface area contributed by atoms with Gasteiger partial charge in [0.05, 0.1) is 11.1 Å². The minimum Gasteiger partial charge on any atom is -0.366 e. The molecule has 1 aliphatic heterocycles. The molecular formula is C22H24N4O. The summed E-state index contributed by atoms with van der Waals surface area (Å²) in [5.74, 6) is 0.253. The molecule has 1 aromatic heterocycles. The first-order valence-electron chi connectivity index (χ1n) is 9.08. The number of rotatable bonds is 3. The number of aromatic amines is 1. The number of benzene rings is 2. The second-order valence-corrected chi connectivity index (χ2v) is 8.26. The summed E-state index contributed by atoms with van der Waals surface area (Å²) in [6.45, 7) is 8.76. The van der Waals surface area contributed by atoms with Crippen molar-refractivity contribution in [2.24, 2.45) is 5.73 Å². The van der Waals surface area contributed by atoms with Crippen molar-refractivity contribution in [3.05, 3.63) is 59.7 Å². The van der Waals surface area contributed by atoms with Crippen molar-refractivity contribution in [3.8, 4) is 11.4 Å². The fourth-order valence-electron chi connectivity index (χ4n) is 4.07. The number of H-pyrrole nitrogens is 1. The van der Waals surface area contributed by atoms with Crippen molar-refractivity contribution in [2.75, 3.05) is 0 Å². The SMILES string of the molecule is CC1(C)C=C(c2ccc(-c3nc4c(C(N)=O)cccc4[nH]3)cc2)C(C)(C)N1. The lowest BCUT2D eigenvalue weighted by atomic mass is 9.90. The summed E-state index contributed by atoms with van der Waals surface area (Å²) in [6.07, 6.45) is 2.29. The summed E-state index contributed by atoms with van der Waals surface area (Å²) in [6, 6.07) is 13.7. The molecule has 5 heteroatoms.